The van der Waals surface area contributed by atoms with Crippen LogP contribution in [-0.4, -0.2) is 40.2 Å². The Labute approximate surface area is 184 Å². The molecule has 0 unspecified atom stereocenters. The fourth-order valence-electron chi connectivity index (χ4n) is 4.56. The van der Waals surface area contributed by atoms with E-state index in [1.54, 1.807) is 0 Å². The van der Waals surface area contributed by atoms with Gasteiger partial charge in [-0.1, -0.05) is 94.1 Å². The number of ether oxygens (including phenoxy) is 3. The molecule has 0 spiro atoms. The highest BCUT2D eigenvalue weighted by molar-refractivity contribution is 6.91. The second-order valence-electron chi connectivity index (χ2n) is 9.25. The van der Waals surface area contributed by atoms with Gasteiger partial charge in [0.2, 0.25) is 0 Å². The fourth-order valence-corrected chi connectivity index (χ4v) is 7.58. The minimum absolute atomic E-state index is 0.138. The topological polar surface area (TPSA) is 44.8 Å². The number of hydrogen-bond donors (Lipinski definition) is 0. The van der Waals surface area contributed by atoms with Gasteiger partial charge in [-0.15, -0.1) is 0 Å². The number of methoxy groups -OCH3 is 1. The van der Waals surface area contributed by atoms with Gasteiger partial charge in [0.15, 0.2) is 5.79 Å². The lowest BCUT2D eigenvalue weighted by Crippen LogP contribution is -2.49. The molecule has 0 saturated carbocycles. The molecule has 1 heterocycles. The molecule has 1 aromatic carbocycles. The van der Waals surface area contributed by atoms with Crippen LogP contribution in [0.1, 0.15) is 71.1 Å². The molecule has 1 saturated heterocycles. The van der Waals surface area contributed by atoms with Gasteiger partial charge in [-0.25, -0.2) is 0 Å². The Kier molecular flexibility index (Phi) is 10.6. The highest BCUT2D eigenvalue weighted by Gasteiger charge is 2.44. The van der Waals surface area contributed by atoms with E-state index in [-0.39, 0.29) is 11.5 Å². The van der Waals surface area contributed by atoms with Crippen LogP contribution in [0.5, 0.6) is 0 Å². The molecular weight excluding hydrogens is 392 g/mol. The predicted molar refractivity (Wildman–Crippen MR) is 126 cm³/mol. The van der Waals surface area contributed by atoms with Gasteiger partial charge in [0, 0.05) is 19.3 Å². The van der Waals surface area contributed by atoms with Gasteiger partial charge < -0.3 is 14.2 Å². The van der Waals surface area contributed by atoms with Crippen molar-refractivity contribution in [3.05, 3.63) is 30.3 Å². The van der Waals surface area contributed by atoms with E-state index >= 15 is 0 Å². The standard InChI is InChI=1S/C25H42O4Si/c1-5-6-7-8-9-10-14-17-25(28-18-19-29-25)21-23(20-24(26)27-2)30(3,4)22-15-12-11-13-16-22/h11-13,15-16,23H,5-10,14,17-21H2,1-4H3/t23-/m1/s1. The zero-order valence-corrected chi connectivity index (χ0v) is 20.6. The Hall–Kier alpha value is -1.17. The summed E-state index contributed by atoms with van der Waals surface area (Å²) in [6.07, 6.45) is 11.0. The molecule has 1 fully saturated rings. The first-order chi connectivity index (χ1) is 14.4. The smallest absolute Gasteiger partial charge is 0.305 e. The molecule has 5 heteroatoms. The number of carbonyl (C=O) groups is 1. The molecule has 170 valence electrons. The van der Waals surface area contributed by atoms with Crippen molar-refractivity contribution in [1.29, 1.82) is 0 Å². The number of esters is 1. The van der Waals surface area contributed by atoms with Crippen molar-refractivity contribution in [3.63, 3.8) is 0 Å². The number of rotatable bonds is 14. The van der Waals surface area contributed by atoms with Crippen molar-refractivity contribution in [2.24, 2.45) is 0 Å². The maximum absolute atomic E-state index is 12.3. The van der Waals surface area contributed by atoms with Gasteiger partial charge in [0.25, 0.3) is 0 Å². The number of unbranched alkanes of at least 4 members (excludes halogenated alkanes) is 6. The largest absolute Gasteiger partial charge is 0.469 e. The van der Waals surface area contributed by atoms with Gasteiger partial charge >= 0.3 is 5.97 Å². The molecule has 30 heavy (non-hydrogen) atoms. The maximum atomic E-state index is 12.3. The third-order valence-electron chi connectivity index (χ3n) is 6.71. The first-order valence-corrected chi connectivity index (χ1v) is 14.9. The number of carbonyl (C=O) groups excluding carboxylic acids is 1. The minimum atomic E-state index is -1.93. The second-order valence-corrected chi connectivity index (χ2v) is 14.1. The van der Waals surface area contributed by atoms with E-state index in [1.807, 2.05) is 0 Å². The summed E-state index contributed by atoms with van der Waals surface area (Å²) >= 11 is 0. The zero-order chi connectivity index (χ0) is 21.9. The molecule has 1 aliphatic rings. The predicted octanol–water partition coefficient (Wildman–Crippen LogP) is 5.81. The molecular formula is C25H42O4Si. The number of benzene rings is 1. The van der Waals surface area contributed by atoms with Crippen LogP contribution in [0.4, 0.5) is 0 Å². The Morgan fingerprint density at radius 2 is 1.63 bits per heavy atom. The van der Waals surface area contributed by atoms with Crippen LogP contribution < -0.4 is 5.19 Å². The van der Waals surface area contributed by atoms with Crippen LogP contribution in [0.3, 0.4) is 0 Å². The summed E-state index contributed by atoms with van der Waals surface area (Å²) in [4.78, 5) is 12.3. The second kappa shape index (κ2) is 12.6. The van der Waals surface area contributed by atoms with Crippen molar-refractivity contribution in [1.82, 2.24) is 0 Å². The van der Waals surface area contributed by atoms with Crippen molar-refractivity contribution < 1.29 is 19.0 Å². The van der Waals surface area contributed by atoms with E-state index in [2.05, 4.69) is 50.3 Å². The summed E-state index contributed by atoms with van der Waals surface area (Å²) in [6.45, 7) is 8.26. The quantitative estimate of drug-likeness (QED) is 0.211. The maximum Gasteiger partial charge on any atom is 0.305 e. The first-order valence-electron chi connectivity index (χ1n) is 11.8. The van der Waals surface area contributed by atoms with Gasteiger partial charge in [0.05, 0.1) is 28.4 Å². The molecule has 0 radical (unpaired) electrons. The van der Waals surface area contributed by atoms with E-state index in [9.17, 15) is 4.79 Å². The first kappa shape index (κ1) is 25.1. The molecule has 4 nitrogen and oxygen atoms in total. The Bertz CT molecular complexity index is 611. The monoisotopic (exact) mass is 434 g/mol. The van der Waals surface area contributed by atoms with Gasteiger partial charge in [-0.05, 0) is 12.0 Å². The molecule has 1 aromatic rings. The van der Waals surface area contributed by atoms with Crippen molar-refractivity contribution >= 4 is 19.2 Å². The van der Waals surface area contributed by atoms with Crippen LogP contribution >= 0.6 is 0 Å². The minimum Gasteiger partial charge on any atom is -0.469 e. The molecule has 1 aliphatic heterocycles. The van der Waals surface area contributed by atoms with Crippen LogP contribution in [0.15, 0.2) is 30.3 Å². The van der Waals surface area contributed by atoms with Crippen LogP contribution in [0.25, 0.3) is 0 Å². The lowest BCUT2D eigenvalue weighted by Gasteiger charge is -2.38. The summed E-state index contributed by atoms with van der Waals surface area (Å²) in [5.41, 5.74) is 0.204. The van der Waals surface area contributed by atoms with Crippen molar-refractivity contribution in [3.8, 4) is 0 Å². The zero-order valence-electron chi connectivity index (χ0n) is 19.6. The Morgan fingerprint density at radius 1 is 1.03 bits per heavy atom. The van der Waals surface area contributed by atoms with E-state index in [0.717, 1.165) is 19.3 Å². The summed E-state index contributed by atoms with van der Waals surface area (Å²) in [5.74, 6) is -0.679. The Morgan fingerprint density at radius 3 is 2.23 bits per heavy atom. The molecule has 0 amide bonds. The molecule has 0 aromatic heterocycles. The summed E-state index contributed by atoms with van der Waals surface area (Å²) < 4.78 is 17.5. The van der Waals surface area contributed by atoms with E-state index in [0.29, 0.717) is 19.6 Å². The average Bonchev–Trinajstić information content (AvgIpc) is 3.21. The molecule has 1 atom stereocenters. The third kappa shape index (κ3) is 7.51. The SMILES string of the molecule is CCCCCCCCCC1(C[C@@H](CC(=O)OC)[Si](C)(C)c2ccccc2)OCCO1. The molecule has 0 aliphatic carbocycles. The van der Waals surface area contributed by atoms with Crippen molar-refractivity contribution in [2.75, 3.05) is 20.3 Å². The van der Waals surface area contributed by atoms with Crippen LogP contribution in [0, 0.1) is 0 Å². The highest BCUT2D eigenvalue weighted by Crippen LogP contribution is 2.40. The lowest BCUT2D eigenvalue weighted by molar-refractivity contribution is -0.169. The van der Waals surface area contributed by atoms with E-state index in [4.69, 9.17) is 14.2 Å². The third-order valence-corrected chi connectivity index (χ3v) is 11.0. The highest BCUT2D eigenvalue weighted by atomic mass is 28.3. The molecule has 0 bridgehead atoms. The van der Waals surface area contributed by atoms with Gasteiger partial charge in [0.1, 0.15) is 0 Å². The summed E-state index contributed by atoms with van der Waals surface area (Å²) in [5, 5.41) is 1.36. The number of hydrogen-bond acceptors (Lipinski definition) is 4. The lowest BCUT2D eigenvalue weighted by atomic mass is 9.99. The molecule has 2 rings (SSSR count). The Balaban J connectivity index is 2.05. The van der Waals surface area contributed by atoms with Gasteiger partial charge in [-0.2, -0.15) is 0 Å². The average molecular weight is 435 g/mol. The molecule has 0 N–H and O–H groups in total. The van der Waals surface area contributed by atoms with E-state index in [1.165, 1.54) is 50.8 Å². The summed E-state index contributed by atoms with van der Waals surface area (Å²) in [6, 6.07) is 10.6. The fraction of sp³-hybridized carbons (Fsp3) is 0.720. The van der Waals surface area contributed by atoms with Crippen LogP contribution in [-0.2, 0) is 19.0 Å². The summed E-state index contributed by atoms with van der Waals surface area (Å²) in [7, 11) is -0.453. The van der Waals surface area contributed by atoms with Gasteiger partial charge in [-0.3, -0.25) is 4.79 Å². The van der Waals surface area contributed by atoms with E-state index < -0.39 is 13.9 Å². The van der Waals surface area contributed by atoms with Crippen LogP contribution in [0.2, 0.25) is 18.6 Å². The normalized spacial score (nSPS) is 17.1. The van der Waals surface area contributed by atoms with Crippen molar-refractivity contribution in [2.45, 2.75) is 95.6 Å².